The van der Waals surface area contributed by atoms with E-state index in [1.165, 1.54) is 4.90 Å². The number of likely N-dealkylation sites (tertiary alicyclic amines) is 1. The summed E-state index contributed by atoms with van der Waals surface area (Å²) in [6, 6.07) is 6.87. The van der Waals surface area contributed by atoms with Crippen molar-refractivity contribution >= 4 is 18.0 Å². The number of rotatable bonds is 7. The van der Waals surface area contributed by atoms with E-state index in [4.69, 9.17) is 9.47 Å². The van der Waals surface area contributed by atoms with E-state index >= 15 is 0 Å². The first-order chi connectivity index (χ1) is 15.3. The van der Waals surface area contributed by atoms with Crippen LogP contribution < -0.4 is 5.32 Å². The third kappa shape index (κ3) is 5.30. The molecule has 2 heterocycles. The van der Waals surface area contributed by atoms with Gasteiger partial charge in [0.2, 0.25) is 0 Å². The molecule has 8 nitrogen and oxygen atoms in total. The summed E-state index contributed by atoms with van der Waals surface area (Å²) in [6.07, 6.45) is 1.63. The Hall–Kier alpha value is -2.87. The minimum atomic E-state index is -0.599. The zero-order valence-corrected chi connectivity index (χ0v) is 19.3. The van der Waals surface area contributed by atoms with E-state index in [0.29, 0.717) is 31.0 Å². The Kier molecular flexibility index (Phi) is 7.90. The SMILES string of the molecule is CCOC(=O)C1=C(CN2CCC[C@H](C(=O)OCC)C2)N(C)C(=O)N[C@H]1c1cccc(C)c1. The molecule has 0 saturated carbocycles. The first-order valence-corrected chi connectivity index (χ1v) is 11.3. The first kappa shape index (κ1) is 23.8. The number of hydrogen-bond donors (Lipinski definition) is 1. The highest BCUT2D eigenvalue weighted by atomic mass is 16.5. The molecule has 1 fully saturated rings. The summed E-state index contributed by atoms with van der Waals surface area (Å²) in [5.74, 6) is -0.838. The third-order valence-corrected chi connectivity index (χ3v) is 5.95. The summed E-state index contributed by atoms with van der Waals surface area (Å²) < 4.78 is 10.6. The summed E-state index contributed by atoms with van der Waals surface area (Å²) in [7, 11) is 1.66. The summed E-state index contributed by atoms with van der Waals surface area (Å²) in [6.45, 7) is 7.81. The molecule has 0 spiro atoms. The molecule has 174 valence electrons. The molecule has 0 bridgehead atoms. The number of carbonyl (C=O) groups is 3. The van der Waals surface area contributed by atoms with Crippen molar-refractivity contribution in [1.29, 1.82) is 0 Å². The summed E-state index contributed by atoms with van der Waals surface area (Å²) in [5.41, 5.74) is 2.89. The maximum atomic E-state index is 13.1. The molecule has 1 aromatic rings. The van der Waals surface area contributed by atoms with Crippen LogP contribution in [0.2, 0.25) is 0 Å². The van der Waals surface area contributed by atoms with Crippen LogP contribution in [0, 0.1) is 12.8 Å². The van der Waals surface area contributed by atoms with Crippen LogP contribution in [0.15, 0.2) is 35.5 Å². The Labute approximate surface area is 189 Å². The smallest absolute Gasteiger partial charge is 0.338 e. The van der Waals surface area contributed by atoms with Crippen molar-refractivity contribution in [3.63, 3.8) is 0 Å². The van der Waals surface area contributed by atoms with Gasteiger partial charge in [-0.1, -0.05) is 29.8 Å². The van der Waals surface area contributed by atoms with Gasteiger partial charge < -0.3 is 14.8 Å². The van der Waals surface area contributed by atoms with Gasteiger partial charge in [0.15, 0.2) is 0 Å². The van der Waals surface area contributed by atoms with E-state index in [2.05, 4.69) is 10.2 Å². The van der Waals surface area contributed by atoms with Gasteiger partial charge in [-0.3, -0.25) is 14.6 Å². The van der Waals surface area contributed by atoms with Crippen molar-refractivity contribution in [3.05, 3.63) is 46.7 Å². The van der Waals surface area contributed by atoms with Gasteiger partial charge in [0.1, 0.15) is 0 Å². The summed E-state index contributed by atoms with van der Waals surface area (Å²) >= 11 is 0. The molecule has 0 unspecified atom stereocenters. The number of urea groups is 1. The third-order valence-electron chi connectivity index (χ3n) is 5.95. The van der Waals surface area contributed by atoms with Crippen molar-refractivity contribution in [3.8, 4) is 0 Å². The lowest BCUT2D eigenvalue weighted by Crippen LogP contribution is -2.50. The maximum absolute atomic E-state index is 13.1. The fourth-order valence-corrected chi connectivity index (χ4v) is 4.36. The maximum Gasteiger partial charge on any atom is 0.338 e. The Balaban J connectivity index is 1.97. The number of benzene rings is 1. The quantitative estimate of drug-likeness (QED) is 0.652. The van der Waals surface area contributed by atoms with Crippen LogP contribution in [0.25, 0.3) is 0 Å². The van der Waals surface area contributed by atoms with Crippen molar-refractivity contribution in [1.82, 2.24) is 15.1 Å². The minimum absolute atomic E-state index is 0.191. The number of nitrogens with one attached hydrogen (secondary N) is 1. The number of carbonyl (C=O) groups excluding carboxylic acids is 3. The second-order valence-electron chi connectivity index (χ2n) is 8.26. The number of amides is 2. The molecule has 32 heavy (non-hydrogen) atoms. The highest BCUT2D eigenvalue weighted by Gasteiger charge is 2.38. The van der Waals surface area contributed by atoms with Gasteiger partial charge in [0, 0.05) is 25.8 Å². The van der Waals surface area contributed by atoms with Gasteiger partial charge in [-0.05, 0) is 45.7 Å². The molecule has 2 aliphatic heterocycles. The predicted molar refractivity (Wildman–Crippen MR) is 120 cm³/mol. The predicted octanol–water partition coefficient (Wildman–Crippen LogP) is 2.78. The molecule has 1 saturated heterocycles. The van der Waals surface area contributed by atoms with Gasteiger partial charge in [-0.15, -0.1) is 0 Å². The normalized spacial score (nSPS) is 21.9. The minimum Gasteiger partial charge on any atom is -0.466 e. The van der Waals surface area contributed by atoms with Gasteiger partial charge in [0.05, 0.1) is 30.7 Å². The first-order valence-electron chi connectivity index (χ1n) is 11.3. The molecule has 1 N–H and O–H groups in total. The van der Waals surface area contributed by atoms with E-state index in [1.54, 1.807) is 20.9 Å². The zero-order valence-electron chi connectivity index (χ0n) is 19.3. The molecule has 1 aromatic carbocycles. The molecule has 2 aliphatic rings. The number of nitrogens with zero attached hydrogens (tertiary/aromatic N) is 2. The lowest BCUT2D eigenvalue weighted by Gasteiger charge is -2.38. The Morgan fingerprint density at radius 2 is 1.94 bits per heavy atom. The van der Waals surface area contributed by atoms with Crippen LogP contribution in [0.3, 0.4) is 0 Å². The monoisotopic (exact) mass is 443 g/mol. The van der Waals surface area contributed by atoms with E-state index in [1.807, 2.05) is 31.2 Å². The average molecular weight is 444 g/mol. The summed E-state index contributed by atoms with van der Waals surface area (Å²) in [5, 5.41) is 2.95. The van der Waals surface area contributed by atoms with Crippen molar-refractivity contribution in [2.24, 2.45) is 5.92 Å². The van der Waals surface area contributed by atoms with Crippen LogP contribution in [0.4, 0.5) is 4.79 Å². The van der Waals surface area contributed by atoms with Gasteiger partial charge >= 0.3 is 18.0 Å². The van der Waals surface area contributed by atoms with Crippen LogP contribution in [-0.4, -0.2) is 67.7 Å². The number of esters is 2. The number of hydrogen-bond acceptors (Lipinski definition) is 6. The zero-order chi connectivity index (χ0) is 23.3. The molecule has 0 aliphatic carbocycles. The molecule has 2 atom stereocenters. The van der Waals surface area contributed by atoms with E-state index in [9.17, 15) is 14.4 Å². The Bertz CT molecular complexity index is 897. The molecule has 0 radical (unpaired) electrons. The lowest BCUT2D eigenvalue weighted by atomic mass is 9.92. The average Bonchev–Trinajstić information content (AvgIpc) is 2.77. The van der Waals surface area contributed by atoms with Crippen molar-refractivity contribution in [2.45, 2.75) is 39.7 Å². The van der Waals surface area contributed by atoms with E-state index < -0.39 is 12.0 Å². The van der Waals surface area contributed by atoms with Crippen molar-refractivity contribution < 1.29 is 23.9 Å². The summed E-state index contributed by atoms with van der Waals surface area (Å²) in [4.78, 5) is 41.8. The molecular formula is C24H33N3O5. The van der Waals surface area contributed by atoms with Crippen LogP contribution in [0.1, 0.15) is 43.9 Å². The molecule has 3 rings (SSSR count). The van der Waals surface area contributed by atoms with Crippen LogP contribution >= 0.6 is 0 Å². The topological polar surface area (TPSA) is 88.2 Å². The number of likely N-dealkylation sites (N-methyl/N-ethyl adjacent to an activating group) is 1. The lowest BCUT2D eigenvalue weighted by molar-refractivity contribution is -0.150. The highest BCUT2D eigenvalue weighted by molar-refractivity contribution is 5.95. The van der Waals surface area contributed by atoms with Gasteiger partial charge in [-0.2, -0.15) is 0 Å². The number of ether oxygens (including phenoxy) is 2. The number of piperidine rings is 1. The molecular weight excluding hydrogens is 410 g/mol. The van der Waals surface area contributed by atoms with Gasteiger partial charge in [0.25, 0.3) is 0 Å². The number of aryl methyl sites for hydroxylation is 1. The second-order valence-corrected chi connectivity index (χ2v) is 8.26. The van der Waals surface area contributed by atoms with Crippen LogP contribution in [-0.2, 0) is 19.1 Å². The Morgan fingerprint density at radius 1 is 1.19 bits per heavy atom. The second kappa shape index (κ2) is 10.6. The van der Waals surface area contributed by atoms with E-state index in [-0.39, 0.29) is 24.5 Å². The standard InChI is InChI=1S/C24H33N3O5/c1-5-31-22(28)18-11-8-12-27(14-18)15-19-20(23(29)32-6-2)21(25-24(30)26(19)4)17-10-7-9-16(3)13-17/h7,9-10,13,18,21H,5-6,8,11-12,14-15H2,1-4H3,(H,25,30)/t18-,21-/m0/s1. The largest absolute Gasteiger partial charge is 0.466 e. The molecule has 2 amide bonds. The van der Waals surface area contributed by atoms with Gasteiger partial charge in [-0.25, -0.2) is 9.59 Å². The molecule has 0 aromatic heterocycles. The van der Waals surface area contributed by atoms with E-state index in [0.717, 1.165) is 30.5 Å². The molecule has 8 heteroatoms. The fraction of sp³-hybridized carbons (Fsp3) is 0.542. The highest BCUT2D eigenvalue weighted by Crippen LogP contribution is 2.32. The van der Waals surface area contributed by atoms with Crippen LogP contribution in [0.5, 0.6) is 0 Å². The Morgan fingerprint density at radius 3 is 2.62 bits per heavy atom. The fourth-order valence-electron chi connectivity index (χ4n) is 4.36. The van der Waals surface area contributed by atoms with Crippen molar-refractivity contribution in [2.75, 3.05) is 39.9 Å².